The summed E-state index contributed by atoms with van der Waals surface area (Å²) < 4.78 is 51.0. The lowest BCUT2D eigenvalue weighted by molar-refractivity contribution is -0.162. The molecule has 0 aromatic heterocycles. The second-order valence-electron chi connectivity index (χ2n) is 7.66. The van der Waals surface area contributed by atoms with Crippen molar-refractivity contribution in [3.63, 3.8) is 0 Å². The van der Waals surface area contributed by atoms with Gasteiger partial charge in [-0.3, -0.25) is 9.59 Å². The van der Waals surface area contributed by atoms with Crippen LogP contribution in [0.15, 0.2) is 24.3 Å². The molecule has 5 nitrogen and oxygen atoms in total. The molecule has 1 amide bonds. The number of ether oxygens (including phenoxy) is 2. The third-order valence-electron chi connectivity index (χ3n) is 5.80. The minimum Gasteiger partial charge on any atom is -0.466 e. The molecule has 2 saturated heterocycles. The predicted octanol–water partition coefficient (Wildman–Crippen LogP) is 3.60. The van der Waals surface area contributed by atoms with Crippen LogP contribution in [0, 0.1) is 5.41 Å². The third-order valence-corrected chi connectivity index (χ3v) is 5.80. The molecule has 2 aliphatic rings. The number of piperidine rings is 1. The Morgan fingerprint density at radius 1 is 1.24 bits per heavy atom. The largest absolute Gasteiger partial charge is 0.466 e. The molecule has 3 rings (SSSR count). The number of likely N-dealkylation sites (tertiary alicyclic amines) is 1. The fraction of sp³-hybridized carbons (Fsp3) is 0.619. The van der Waals surface area contributed by atoms with Gasteiger partial charge in [0.1, 0.15) is 6.10 Å². The highest BCUT2D eigenvalue weighted by Crippen LogP contribution is 2.40. The van der Waals surface area contributed by atoms with Gasteiger partial charge in [0.2, 0.25) is 0 Å². The minimum atomic E-state index is -4.50. The van der Waals surface area contributed by atoms with E-state index in [-0.39, 0.29) is 37.3 Å². The first-order valence-corrected chi connectivity index (χ1v) is 9.99. The van der Waals surface area contributed by atoms with Crippen molar-refractivity contribution in [2.24, 2.45) is 5.41 Å². The number of nitrogens with zero attached hydrogens (tertiary/aromatic N) is 1. The van der Waals surface area contributed by atoms with Crippen molar-refractivity contribution in [2.45, 2.75) is 51.3 Å². The van der Waals surface area contributed by atoms with Gasteiger partial charge in [0.15, 0.2) is 0 Å². The van der Waals surface area contributed by atoms with Crippen molar-refractivity contribution in [1.29, 1.82) is 0 Å². The van der Waals surface area contributed by atoms with Crippen LogP contribution in [0.3, 0.4) is 0 Å². The average molecular weight is 413 g/mol. The maximum Gasteiger partial charge on any atom is 0.416 e. The molecule has 29 heavy (non-hydrogen) atoms. The first kappa shape index (κ1) is 21.6. The highest BCUT2D eigenvalue weighted by molar-refractivity contribution is 5.82. The predicted molar refractivity (Wildman–Crippen MR) is 99.0 cm³/mol. The number of benzene rings is 1. The highest BCUT2D eigenvalue weighted by atomic mass is 19.4. The van der Waals surface area contributed by atoms with Crippen molar-refractivity contribution in [3.05, 3.63) is 35.4 Å². The summed E-state index contributed by atoms with van der Waals surface area (Å²) in [5.41, 5.74) is -1.74. The Morgan fingerprint density at radius 3 is 2.52 bits per heavy atom. The molecule has 2 aliphatic heterocycles. The van der Waals surface area contributed by atoms with Crippen LogP contribution in [-0.2, 0) is 31.7 Å². The summed E-state index contributed by atoms with van der Waals surface area (Å²) in [5.74, 6) is -0.600. The molecule has 2 fully saturated rings. The van der Waals surface area contributed by atoms with Crippen LogP contribution in [0.4, 0.5) is 13.2 Å². The molecular formula is C21H26F3NO4. The zero-order valence-electron chi connectivity index (χ0n) is 16.5. The Labute approximate surface area is 168 Å². The van der Waals surface area contributed by atoms with E-state index in [4.69, 9.17) is 9.47 Å². The van der Waals surface area contributed by atoms with Crippen molar-refractivity contribution < 1.29 is 32.2 Å². The lowest BCUT2D eigenvalue weighted by Gasteiger charge is -2.41. The maximum atomic E-state index is 13.4. The number of halogens is 3. The molecule has 1 aromatic rings. The molecule has 0 radical (unpaired) electrons. The lowest BCUT2D eigenvalue weighted by atomic mass is 9.73. The summed E-state index contributed by atoms with van der Waals surface area (Å²) in [4.78, 5) is 27.0. The molecule has 1 aromatic carbocycles. The molecule has 0 unspecified atom stereocenters. The number of hydrogen-bond acceptors (Lipinski definition) is 4. The van der Waals surface area contributed by atoms with Gasteiger partial charge < -0.3 is 14.4 Å². The molecule has 8 heteroatoms. The Hall–Kier alpha value is -2.09. The Morgan fingerprint density at radius 2 is 1.93 bits per heavy atom. The number of hydrogen-bond donors (Lipinski definition) is 0. The van der Waals surface area contributed by atoms with Crippen LogP contribution in [0.2, 0.25) is 0 Å². The van der Waals surface area contributed by atoms with Crippen molar-refractivity contribution in [3.8, 4) is 0 Å². The Balaban J connectivity index is 1.80. The number of alkyl halides is 3. The highest BCUT2D eigenvalue weighted by Gasteiger charge is 2.46. The van der Waals surface area contributed by atoms with Crippen molar-refractivity contribution >= 4 is 11.9 Å². The minimum absolute atomic E-state index is 0.0660. The topological polar surface area (TPSA) is 55.8 Å². The van der Waals surface area contributed by atoms with Gasteiger partial charge in [-0.1, -0.05) is 18.2 Å². The molecule has 0 bridgehead atoms. The molecular weight excluding hydrogens is 387 g/mol. The zero-order chi connectivity index (χ0) is 21.1. The van der Waals surface area contributed by atoms with E-state index in [2.05, 4.69) is 0 Å². The average Bonchev–Trinajstić information content (AvgIpc) is 3.22. The number of carbonyl (C=O) groups excluding carboxylic acids is 2. The van der Waals surface area contributed by atoms with Gasteiger partial charge in [-0.25, -0.2) is 0 Å². The second-order valence-corrected chi connectivity index (χ2v) is 7.66. The zero-order valence-corrected chi connectivity index (χ0v) is 16.5. The second kappa shape index (κ2) is 8.73. The smallest absolute Gasteiger partial charge is 0.416 e. The van der Waals surface area contributed by atoms with Gasteiger partial charge in [-0.15, -0.1) is 0 Å². The van der Waals surface area contributed by atoms with Gasteiger partial charge in [0.25, 0.3) is 5.91 Å². The summed E-state index contributed by atoms with van der Waals surface area (Å²) in [6.45, 7) is 2.98. The van der Waals surface area contributed by atoms with E-state index in [0.717, 1.165) is 12.5 Å². The van der Waals surface area contributed by atoms with Crippen LogP contribution in [-0.4, -0.2) is 49.2 Å². The lowest BCUT2D eigenvalue weighted by Crippen LogP contribution is -2.50. The van der Waals surface area contributed by atoms with Crippen LogP contribution >= 0.6 is 0 Å². The molecule has 160 valence electrons. The number of esters is 1. The fourth-order valence-corrected chi connectivity index (χ4v) is 4.18. The number of carbonyl (C=O) groups is 2. The number of rotatable bonds is 5. The van der Waals surface area contributed by atoms with E-state index < -0.39 is 29.2 Å². The van der Waals surface area contributed by atoms with Crippen molar-refractivity contribution in [2.75, 3.05) is 26.3 Å². The van der Waals surface area contributed by atoms with Crippen LogP contribution < -0.4 is 0 Å². The monoisotopic (exact) mass is 413 g/mol. The molecule has 0 aliphatic carbocycles. The quantitative estimate of drug-likeness (QED) is 0.693. The van der Waals surface area contributed by atoms with Gasteiger partial charge in [0, 0.05) is 19.7 Å². The SMILES string of the molecule is CCOC(=O)C1(Cc2ccccc2C(F)(F)F)CCN(C(=O)[C@H]2CCCO2)CC1. The first-order chi connectivity index (χ1) is 13.8. The molecule has 1 atom stereocenters. The van der Waals surface area contributed by atoms with E-state index in [1.165, 1.54) is 12.1 Å². The van der Waals surface area contributed by atoms with Gasteiger partial charge >= 0.3 is 12.1 Å². The summed E-state index contributed by atoms with van der Waals surface area (Å²) in [6.07, 6.45) is -2.97. The first-order valence-electron chi connectivity index (χ1n) is 9.99. The van der Waals surface area contributed by atoms with E-state index in [9.17, 15) is 22.8 Å². The van der Waals surface area contributed by atoms with Gasteiger partial charge in [-0.2, -0.15) is 13.2 Å². The summed E-state index contributed by atoms with van der Waals surface area (Å²) >= 11 is 0. The third kappa shape index (κ3) is 4.74. The van der Waals surface area contributed by atoms with Crippen LogP contribution in [0.25, 0.3) is 0 Å². The Bertz CT molecular complexity index is 736. The summed E-state index contributed by atoms with van der Waals surface area (Å²) in [5, 5.41) is 0. The fourth-order valence-electron chi connectivity index (χ4n) is 4.18. The van der Waals surface area contributed by atoms with Gasteiger partial charge in [0.05, 0.1) is 17.6 Å². The summed E-state index contributed by atoms with van der Waals surface area (Å²) in [6, 6.07) is 5.32. The van der Waals surface area contributed by atoms with Crippen LogP contribution in [0.1, 0.15) is 43.7 Å². The normalized spacial score (nSPS) is 21.8. The van der Waals surface area contributed by atoms with E-state index in [0.29, 0.717) is 26.1 Å². The van der Waals surface area contributed by atoms with Gasteiger partial charge in [-0.05, 0) is 50.7 Å². The molecule has 0 spiro atoms. The van der Waals surface area contributed by atoms with E-state index in [1.54, 1.807) is 17.9 Å². The number of amides is 1. The van der Waals surface area contributed by atoms with E-state index >= 15 is 0 Å². The van der Waals surface area contributed by atoms with E-state index in [1.807, 2.05) is 0 Å². The molecule has 0 N–H and O–H groups in total. The molecule has 0 saturated carbocycles. The van der Waals surface area contributed by atoms with Crippen molar-refractivity contribution in [1.82, 2.24) is 4.90 Å². The maximum absolute atomic E-state index is 13.4. The molecule has 2 heterocycles. The Kier molecular flexibility index (Phi) is 6.51. The standard InChI is InChI=1S/C21H26F3NO4/c1-2-28-19(27)20(14-15-6-3-4-7-16(15)21(22,23)24)9-11-25(12-10-20)18(26)17-8-5-13-29-17/h3-4,6-7,17H,2,5,8-14H2,1H3/t17-/m1/s1. The van der Waals surface area contributed by atoms with Crippen LogP contribution in [0.5, 0.6) is 0 Å². The summed E-state index contributed by atoms with van der Waals surface area (Å²) in [7, 11) is 0.